The first-order chi connectivity index (χ1) is 21.0. The molecule has 0 unspecified atom stereocenters. The van der Waals surface area contributed by atoms with Crippen molar-refractivity contribution in [3.63, 3.8) is 0 Å². The van der Waals surface area contributed by atoms with E-state index in [9.17, 15) is 9.59 Å². The van der Waals surface area contributed by atoms with Crippen molar-refractivity contribution >= 4 is 0 Å². The van der Waals surface area contributed by atoms with Gasteiger partial charge in [0.25, 0.3) is 5.56 Å². The summed E-state index contributed by atoms with van der Waals surface area (Å²) in [5.41, 5.74) is 1.66. The molecular weight excluding hydrogens is 542 g/mol. The van der Waals surface area contributed by atoms with Crippen LogP contribution in [0.4, 0.5) is 0 Å². The lowest BCUT2D eigenvalue weighted by Gasteiger charge is -2.37. The first-order valence-electron chi connectivity index (χ1n) is 15.2. The van der Waals surface area contributed by atoms with Crippen molar-refractivity contribution in [2.75, 3.05) is 32.8 Å². The van der Waals surface area contributed by atoms with Gasteiger partial charge >= 0.3 is 5.69 Å². The first kappa shape index (κ1) is 29.3. The van der Waals surface area contributed by atoms with Crippen molar-refractivity contribution in [3.8, 4) is 0 Å². The second-order valence-electron chi connectivity index (χ2n) is 11.4. The predicted octanol–water partition coefficient (Wildman–Crippen LogP) is 4.62. The summed E-state index contributed by atoms with van der Waals surface area (Å²) in [5.74, 6) is 0. The molecule has 1 N–H and O–H groups in total. The molecule has 2 fully saturated rings. The maximum atomic E-state index is 12.8. The molecule has 3 heterocycles. The Morgan fingerprint density at radius 2 is 1.42 bits per heavy atom. The second-order valence-corrected chi connectivity index (χ2v) is 11.4. The van der Waals surface area contributed by atoms with Gasteiger partial charge in [-0.1, -0.05) is 91.0 Å². The molecule has 2 aliphatic rings. The van der Waals surface area contributed by atoms with Crippen LogP contribution in [0.5, 0.6) is 0 Å². The van der Waals surface area contributed by atoms with Crippen molar-refractivity contribution in [2.24, 2.45) is 0 Å². The SMILES string of the molecule is Cc1cn([C@H]2C[C@H](OCCN3CCCC3)[C@@H](COC(c3ccccc3)(c3ccccc3)c3ccccc3)O2)c(=O)[nH]c1=O. The number of nitrogens with zero attached hydrogens (tertiary/aromatic N) is 2. The summed E-state index contributed by atoms with van der Waals surface area (Å²) in [6, 6.07) is 30.7. The van der Waals surface area contributed by atoms with E-state index in [-0.39, 0.29) is 12.7 Å². The van der Waals surface area contributed by atoms with Gasteiger partial charge in [0.15, 0.2) is 0 Å². The topological polar surface area (TPSA) is 85.8 Å². The fourth-order valence-electron chi connectivity index (χ4n) is 6.31. The standard InChI is InChI=1S/C35H39N3O5/c1-26-24-38(34(40)36-33(26)39)32-23-30(41-22-21-37-19-11-12-20-37)31(43-32)25-42-35(27-13-5-2-6-14-27,28-15-7-3-8-16-28)29-17-9-4-10-18-29/h2-10,13-18,24,30-32H,11-12,19-23,25H2,1H3,(H,36,39,40)/t30-,31+,32+/m0/s1. The fraction of sp³-hybridized carbons (Fsp3) is 0.371. The van der Waals surface area contributed by atoms with E-state index < -0.39 is 29.2 Å². The van der Waals surface area contributed by atoms with E-state index in [1.54, 1.807) is 13.1 Å². The van der Waals surface area contributed by atoms with E-state index in [1.807, 2.05) is 54.6 Å². The van der Waals surface area contributed by atoms with Gasteiger partial charge < -0.3 is 19.1 Å². The number of aromatic nitrogens is 2. The Labute approximate surface area is 251 Å². The van der Waals surface area contributed by atoms with Crippen LogP contribution in [0.25, 0.3) is 0 Å². The highest BCUT2D eigenvalue weighted by molar-refractivity contribution is 5.47. The number of aromatic amines is 1. The van der Waals surface area contributed by atoms with E-state index in [0.717, 1.165) is 36.3 Å². The van der Waals surface area contributed by atoms with Gasteiger partial charge in [-0.2, -0.15) is 0 Å². The summed E-state index contributed by atoms with van der Waals surface area (Å²) in [6.07, 6.45) is 3.14. The van der Waals surface area contributed by atoms with Gasteiger partial charge in [-0.3, -0.25) is 14.3 Å². The predicted molar refractivity (Wildman–Crippen MR) is 165 cm³/mol. The molecule has 3 aromatic carbocycles. The highest BCUT2D eigenvalue weighted by Crippen LogP contribution is 2.41. The van der Waals surface area contributed by atoms with Crippen LogP contribution in [0.15, 0.2) is 107 Å². The minimum atomic E-state index is -0.906. The number of aryl methyl sites for hydroxylation is 1. The summed E-state index contributed by atoms with van der Waals surface area (Å²) in [4.78, 5) is 29.7. The number of benzene rings is 3. The lowest BCUT2D eigenvalue weighted by atomic mass is 9.80. The Bertz CT molecular complexity index is 1490. The number of likely N-dealkylation sites (tertiary alicyclic amines) is 1. The molecule has 0 aliphatic carbocycles. The zero-order chi connectivity index (χ0) is 29.6. The molecule has 43 heavy (non-hydrogen) atoms. The van der Waals surface area contributed by atoms with Gasteiger partial charge in [-0.15, -0.1) is 0 Å². The van der Waals surface area contributed by atoms with Gasteiger partial charge in [0.1, 0.15) is 17.9 Å². The average Bonchev–Trinajstić information content (AvgIpc) is 3.71. The van der Waals surface area contributed by atoms with E-state index in [0.29, 0.717) is 18.6 Å². The summed E-state index contributed by atoms with van der Waals surface area (Å²) < 4.78 is 21.6. The van der Waals surface area contributed by atoms with Crippen LogP contribution >= 0.6 is 0 Å². The highest BCUT2D eigenvalue weighted by atomic mass is 16.6. The number of hydrogen-bond acceptors (Lipinski definition) is 6. The van der Waals surface area contributed by atoms with Crippen LogP contribution < -0.4 is 11.2 Å². The van der Waals surface area contributed by atoms with Gasteiger partial charge in [0.05, 0.1) is 19.3 Å². The third-order valence-electron chi connectivity index (χ3n) is 8.58. The molecule has 3 atom stereocenters. The summed E-state index contributed by atoms with van der Waals surface area (Å²) in [6.45, 7) is 5.52. The van der Waals surface area contributed by atoms with E-state index in [4.69, 9.17) is 14.2 Å². The Balaban J connectivity index is 1.33. The molecule has 2 saturated heterocycles. The van der Waals surface area contributed by atoms with Crippen molar-refractivity contribution in [2.45, 2.75) is 50.2 Å². The number of H-pyrrole nitrogens is 1. The van der Waals surface area contributed by atoms with Gasteiger partial charge in [0.2, 0.25) is 0 Å². The normalized spacial score (nSPS) is 20.9. The summed E-state index contributed by atoms with van der Waals surface area (Å²) >= 11 is 0. The van der Waals surface area contributed by atoms with Crippen molar-refractivity contribution in [1.29, 1.82) is 0 Å². The molecule has 8 heteroatoms. The Hall–Kier alpha value is -3.82. The number of ether oxygens (including phenoxy) is 3. The zero-order valence-electron chi connectivity index (χ0n) is 24.6. The van der Waals surface area contributed by atoms with Crippen LogP contribution in [0.2, 0.25) is 0 Å². The molecule has 0 bridgehead atoms. The maximum Gasteiger partial charge on any atom is 0.330 e. The molecule has 0 radical (unpaired) electrons. The third-order valence-corrected chi connectivity index (χ3v) is 8.58. The Morgan fingerprint density at radius 1 is 0.860 bits per heavy atom. The lowest BCUT2D eigenvalue weighted by molar-refractivity contribution is -0.105. The minimum Gasteiger partial charge on any atom is -0.374 e. The average molecular weight is 582 g/mol. The van der Waals surface area contributed by atoms with Crippen LogP contribution in [-0.2, 0) is 19.8 Å². The van der Waals surface area contributed by atoms with Gasteiger partial charge in [0, 0.05) is 24.7 Å². The van der Waals surface area contributed by atoms with E-state index in [2.05, 4.69) is 46.3 Å². The molecule has 6 rings (SSSR count). The fourth-order valence-corrected chi connectivity index (χ4v) is 6.31. The maximum absolute atomic E-state index is 12.8. The molecule has 8 nitrogen and oxygen atoms in total. The molecule has 4 aromatic rings. The van der Waals surface area contributed by atoms with E-state index >= 15 is 0 Å². The number of hydrogen-bond donors (Lipinski definition) is 1. The quantitative estimate of drug-likeness (QED) is 0.260. The van der Waals surface area contributed by atoms with Gasteiger partial charge in [-0.25, -0.2) is 4.79 Å². The molecule has 224 valence electrons. The molecule has 1 aromatic heterocycles. The Kier molecular flexibility index (Phi) is 9.00. The minimum absolute atomic E-state index is 0.223. The van der Waals surface area contributed by atoms with Crippen molar-refractivity contribution in [1.82, 2.24) is 14.5 Å². The second kappa shape index (κ2) is 13.2. The zero-order valence-corrected chi connectivity index (χ0v) is 24.6. The first-order valence-corrected chi connectivity index (χ1v) is 15.2. The van der Waals surface area contributed by atoms with Gasteiger partial charge in [-0.05, 0) is 49.5 Å². The van der Waals surface area contributed by atoms with Crippen LogP contribution in [0.3, 0.4) is 0 Å². The molecule has 0 saturated carbocycles. The monoisotopic (exact) mass is 581 g/mol. The number of rotatable bonds is 11. The molecule has 2 aliphatic heterocycles. The van der Waals surface area contributed by atoms with Crippen LogP contribution in [0, 0.1) is 6.92 Å². The molecule has 0 spiro atoms. The van der Waals surface area contributed by atoms with Crippen LogP contribution in [-0.4, -0.2) is 59.5 Å². The molecular formula is C35H39N3O5. The largest absolute Gasteiger partial charge is 0.374 e. The highest BCUT2D eigenvalue weighted by Gasteiger charge is 2.43. The van der Waals surface area contributed by atoms with E-state index in [1.165, 1.54) is 17.4 Å². The lowest BCUT2D eigenvalue weighted by Crippen LogP contribution is -2.39. The van der Waals surface area contributed by atoms with Crippen LogP contribution in [0.1, 0.15) is 47.7 Å². The summed E-state index contributed by atoms with van der Waals surface area (Å²) in [5, 5.41) is 0. The summed E-state index contributed by atoms with van der Waals surface area (Å²) in [7, 11) is 0. The number of nitrogens with one attached hydrogen (secondary N) is 1. The smallest absolute Gasteiger partial charge is 0.330 e. The van der Waals surface area contributed by atoms with Crippen molar-refractivity contribution < 1.29 is 14.2 Å². The van der Waals surface area contributed by atoms with Crippen molar-refractivity contribution in [3.05, 3.63) is 140 Å². The third kappa shape index (κ3) is 6.28. The molecule has 0 amide bonds. The Morgan fingerprint density at radius 3 is 1.98 bits per heavy atom.